The Hall–Kier alpha value is -2.69. The van der Waals surface area contributed by atoms with E-state index in [-0.39, 0.29) is 5.91 Å². The Kier molecular flexibility index (Phi) is 4.10. The molecule has 0 aromatic heterocycles. The van der Waals surface area contributed by atoms with Crippen LogP contribution in [0.25, 0.3) is 0 Å². The number of ether oxygens (including phenoxy) is 1. The highest BCUT2D eigenvalue weighted by molar-refractivity contribution is 6.07. The molecule has 2 aromatic rings. The number of rotatable bonds is 2. The molecule has 2 aromatic carbocycles. The number of esters is 1. The summed E-state index contributed by atoms with van der Waals surface area (Å²) < 4.78 is 18.2. The summed E-state index contributed by atoms with van der Waals surface area (Å²) >= 11 is 0. The average molecular weight is 313 g/mol. The lowest BCUT2D eigenvalue weighted by molar-refractivity contribution is 0.0599. The fourth-order valence-corrected chi connectivity index (χ4v) is 2.91. The first-order valence-electron chi connectivity index (χ1n) is 7.39. The molecule has 0 N–H and O–H groups in total. The summed E-state index contributed by atoms with van der Waals surface area (Å²) in [4.78, 5) is 26.2. The van der Waals surface area contributed by atoms with Crippen LogP contribution in [-0.2, 0) is 11.2 Å². The van der Waals surface area contributed by atoms with Crippen molar-refractivity contribution in [2.24, 2.45) is 0 Å². The van der Waals surface area contributed by atoms with Crippen molar-refractivity contribution in [2.75, 3.05) is 18.6 Å². The summed E-state index contributed by atoms with van der Waals surface area (Å²) in [5, 5.41) is 0. The highest BCUT2D eigenvalue weighted by Gasteiger charge is 2.27. The molecule has 0 spiro atoms. The van der Waals surface area contributed by atoms with Gasteiger partial charge in [0.05, 0.1) is 12.7 Å². The van der Waals surface area contributed by atoms with Crippen LogP contribution in [0.15, 0.2) is 42.5 Å². The van der Waals surface area contributed by atoms with E-state index in [9.17, 15) is 14.0 Å². The van der Waals surface area contributed by atoms with Crippen LogP contribution in [0.4, 0.5) is 10.1 Å². The van der Waals surface area contributed by atoms with Gasteiger partial charge in [-0.2, -0.15) is 0 Å². The number of halogens is 1. The summed E-state index contributed by atoms with van der Waals surface area (Å²) in [5.74, 6) is -1.13. The molecule has 0 fully saturated rings. The van der Waals surface area contributed by atoms with Crippen molar-refractivity contribution < 1.29 is 18.7 Å². The molecule has 0 saturated heterocycles. The van der Waals surface area contributed by atoms with E-state index in [4.69, 9.17) is 4.74 Å². The SMILES string of the molecule is COC(=O)c1cccc2c1CCCN2C(=O)c1cccc(F)c1. The van der Waals surface area contributed by atoms with Crippen LogP contribution < -0.4 is 4.90 Å². The molecule has 0 radical (unpaired) electrons. The molecule has 3 rings (SSSR count). The van der Waals surface area contributed by atoms with E-state index in [2.05, 4.69) is 0 Å². The minimum atomic E-state index is -0.448. The van der Waals surface area contributed by atoms with Gasteiger partial charge in [-0.3, -0.25) is 4.79 Å². The van der Waals surface area contributed by atoms with Gasteiger partial charge in [0.1, 0.15) is 5.82 Å². The van der Waals surface area contributed by atoms with Crippen molar-refractivity contribution in [3.05, 3.63) is 65.0 Å². The first-order chi connectivity index (χ1) is 11.1. The Labute approximate surface area is 133 Å². The third-order valence-corrected chi connectivity index (χ3v) is 3.97. The van der Waals surface area contributed by atoms with Gasteiger partial charge in [0.25, 0.3) is 5.91 Å². The normalized spacial score (nSPS) is 13.4. The first kappa shape index (κ1) is 15.2. The fraction of sp³-hybridized carbons (Fsp3) is 0.222. The van der Waals surface area contributed by atoms with Gasteiger partial charge in [-0.15, -0.1) is 0 Å². The maximum Gasteiger partial charge on any atom is 0.338 e. The lowest BCUT2D eigenvalue weighted by atomic mass is 9.95. The van der Waals surface area contributed by atoms with Crippen LogP contribution in [0.1, 0.15) is 32.7 Å². The monoisotopic (exact) mass is 313 g/mol. The average Bonchev–Trinajstić information content (AvgIpc) is 2.59. The van der Waals surface area contributed by atoms with Crippen LogP contribution in [-0.4, -0.2) is 25.5 Å². The quantitative estimate of drug-likeness (QED) is 0.800. The van der Waals surface area contributed by atoms with E-state index in [1.807, 2.05) is 0 Å². The largest absolute Gasteiger partial charge is 0.465 e. The Morgan fingerprint density at radius 2 is 1.96 bits per heavy atom. The molecule has 4 nitrogen and oxygen atoms in total. The fourth-order valence-electron chi connectivity index (χ4n) is 2.91. The number of carbonyl (C=O) groups is 2. The van der Waals surface area contributed by atoms with Gasteiger partial charge < -0.3 is 9.64 Å². The van der Waals surface area contributed by atoms with Crippen molar-refractivity contribution in [3.63, 3.8) is 0 Å². The molecule has 23 heavy (non-hydrogen) atoms. The van der Waals surface area contributed by atoms with Gasteiger partial charge >= 0.3 is 5.97 Å². The molecule has 0 aliphatic carbocycles. The number of methoxy groups -OCH3 is 1. The second-order valence-corrected chi connectivity index (χ2v) is 5.37. The summed E-state index contributed by atoms with van der Waals surface area (Å²) in [6.07, 6.45) is 1.44. The summed E-state index contributed by atoms with van der Waals surface area (Å²) in [6.45, 7) is 0.535. The molecule has 1 aliphatic rings. The summed E-state index contributed by atoms with van der Waals surface area (Å²) in [5.41, 5.74) is 2.26. The van der Waals surface area contributed by atoms with Gasteiger partial charge in [-0.05, 0) is 48.7 Å². The molecule has 0 unspecified atom stereocenters. The third-order valence-electron chi connectivity index (χ3n) is 3.97. The van der Waals surface area contributed by atoms with E-state index in [0.717, 1.165) is 12.0 Å². The summed E-state index contributed by atoms with van der Waals surface area (Å²) in [7, 11) is 1.33. The zero-order valence-corrected chi connectivity index (χ0v) is 12.7. The van der Waals surface area contributed by atoms with E-state index in [1.54, 1.807) is 29.2 Å². The number of amides is 1. The molecule has 0 bridgehead atoms. The van der Waals surface area contributed by atoms with Crippen molar-refractivity contribution in [1.82, 2.24) is 0 Å². The van der Waals surface area contributed by atoms with Gasteiger partial charge in [-0.1, -0.05) is 12.1 Å². The van der Waals surface area contributed by atoms with E-state index >= 15 is 0 Å². The molecule has 1 aliphatic heterocycles. The number of nitrogens with zero attached hydrogens (tertiary/aromatic N) is 1. The van der Waals surface area contributed by atoms with Crippen LogP contribution in [0.3, 0.4) is 0 Å². The maximum absolute atomic E-state index is 13.4. The number of hydrogen-bond acceptors (Lipinski definition) is 3. The van der Waals surface area contributed by atoms with Crippen LogP contribution in [0, 0.1) is 5.82 Å². The molecule has 1 heterocycles. The number of anilines is 1. The predicted octanol–water partition coefficient (Wildman–Crippen LogP) is 3.21. The minimum absolute atomic E-state index is 0.271. The molecule has 5 heteroatoms. The number of carbonyl (C=O) groups excluding carboxylic acids is 2. The second kappa shape index (κ2) is 6.20. The molecule has 0 saturated carbocycles. The van der Waals surface area contributed by atoms with Crippen molar-refractivity contribution >= 4 is 17.6 Å². The molecule has 118 valence electrons. The molecule has 0 atom stereocenters. The van der Waals surface area contributed by atoms with Crippen LogP contribution >= 0.6 is 0 Å². The third kappa shape index (κ3) is 2.82. The van der Waals surface area contributed by atoms with E-state index in [1.165, 1.54) is 25.3 Å². The van der Waals surface area contributed by atoms with E-state index in [0.29, 0.717) is 29.8 Å². The number of benzene rings is 2. The Balaban J connectivity index is 2.02. The van der Waals surface area contributed by atoms with Crippen LogP contribution in [0.2, 0.25) is 0 Å². The van der Waals surface area contributed by atoms with Crippen molar-refractivity contribution in [1.29, 1.82) is 0 Å². The van der Waals surface area contributed by atoms with Crippen LogP contribution in [0.5, 0.6) is 0 Å². The second-order valence-electron chi connectivity index (χ2n) is 5.37. The lowest BCUT2D eigenvalue weighted by Gasteiger charge is -2.30. The van der Waals surface area contributed by atoms with Gasteiger partial charge in [0, 0.05) is 17.8 Å². The lowest BCUT2D eigenvalue weighted by Crippen LogP contribution is -2.36. The Morgan fingerprint density at radius 1 is 1.17 bits per heavy atom. The minimum Gasteiger partial charge on any atom is -0.465 e. The Morgan fingerprint density at radius 3 is 2.70 bits per heavy atom. The number of fused-ring (bicyclic) bond motifs is 1. The molecule has 1 amide bonds. The standard InChI is InChI=1S/C18H16FNO3/c1-23-18(22)15-7-3-9-16-14(15)8-4-10-20(16)17(21)12-5-2-6-13(19)11-12/h2-3,5-7,9,11H,4,8,10H2,1H3. The predicted molar refractivity (Wildman–Crippen MR) is 84.2 cm³/mol. The van der Waals surface area contributed by atoms with Gasteiger partial charge in [0.15, 0.2) is 0 Å². The highest BCUT2D eigenvalue weighted by Crippen LogP contribution is 2.31. The first-order valence-corrected chi connectivity index (χ1v) is 7.39. The van der Waals surface area contributed by atoms with Gasteiger partial charge in [0.2, 0.25) is 0 Å². The highest BCUT2D eigenvalue weighted by atomic mass is 19.1. The molecular formula is C18H16FNO3. The van der Waals surface area contributed by atoms with Crippen molar-refractivity contribution in [3.8, 4) is 0 Å². The zero-order chi connectivity index (χ0) is 16.4. The Bertz CT molecular complexity index is 773. The smallest absolute Gasteiger partial charge is 0.338 e. The van der Waals surface area contributed by atoms with E-state index < -0.39 is 11.8 Å². The summed E-state index contributed by atoms with van der Waals surface area (Å²) in [6, 6.07) is 10.8. The molecular weight excluding hydrogens is 297 g/mol. The number of hydrogen-bond donors (Lipinski definition) is 0. The van der Waals surface area contributed by atoms with Gasteiger partial charge in [-0.25, -0.2) is 9.18 Å². The topological polar surface area (TPSA) is 46.6 Å². The van der Waals surface area contributed by atoms with Crippen molar-refractivity contribution in [2.45, 2.75) is 12.8 Å². The zero-order valence-electron chi connectivity index (χ0n) is 12.7. The maximum atomic E-state index is 13.4.